The minimum Gasteiger partial charge on any atom is -0.142 e. The SMILES string of the molecule is CCC(Br)c1nnc(-c2ccc(Cl)s2)s1. The molecule has 2 aromatic rings. The number of rotatable bonds is 3. The van der Waals surface area contributed by atoms with Crippen LogP contribution in [0.3, 0.4) is 0 Å². The zero-order chi connectivity index (χ0) is 10.8. The number of aromatic nitrogens is 2. The zero-order valence-corrected chi connectivity index (χ0v) is 11.9. The highest BCUT2D eigenvalue weighted by molar-refractivity contribution is 9.09. The largest absolute Gasteiger partial charge is 0.157 e. The van der Waals surface area contributed by atoms with Crippen molar-refractivity contribution < 1.29 is 0 Å². The van der Waals surface area contributed by atoms with Crippen LogP contribution in [0.15, 0.2) is 12.1 Å². The van der Waals surface area contributed by atoms with Gasteiger partial charge in [-0.3, -0.25) is 0 Å². The molecule has 2 aromatic heterocycles. The van der Waals surface area contributed by atoms with E-state index in [0.29, 0.717) is 4.83 Å². The summed E-state index contributed by atoms with van der Waals surface area (Å²) in [7, 11) is 0. The van der Waals surface area contributed by atoms with Gasteiger partial charge in [0.05, 0.1) is 14.0 Å². The monoisotopic (exact) mass is 322 g/mol. The average Bonchev–Trinajstić information content (AvgIpc) is 2.84. The van der Waals surface area contributed by atoms with E-state index in [1.165, 1.54) is 11.3 Å². The molecule has 0 saturated carbocycles. The van der Waals surface area contributed by atoms with E-state index in [0.717, 1.165) is 25.6 Å². The maximum absolute atomic E-state index is 5.87. The van der Waals surface area contributed by atoms with E-state index in [4.69, 9.17) is 11.6 Å². The van der Waals surface area contributed by atoms with Gasteiger partial charge < -0.3 is 0 Å². The lowest BCUT2D eigenvalue weighted by molar-refractivity contribution is 0.870. The van der Waals surface area contributed by atoms with Crippen LogP contribution in [0.25, 0.3) is 9.88 Å². The van der Waals surface area contributed by atoms with Gasteiger partial charge in [0.25, 0.3) is 0 Å². The first-order valence-corrected chi connectivity index (χ1v) is 7.36. The van der Waals surface area contributed by atoms with Gasteiger partial charge >= 0.3 is 0 Å². The van der Waals surface area contributed by atoms with Crippen molar-refractivity contribution in [3.05, 3.63) is 21.5 Å². The molecule has 2 nitrogen and oxygen atoms in total. The van der Waals surface area contributed by atoms with E-state index in [1.807, 2.05) is 12.1 Å². The van der Waals surface area contributed by atoms with Crippen molar-refractivity contribution in [3.8, 4) is 9.88 Å². The molecule has 1 atom stereocenters. The van der Waals surface area contributed by atoms with Crippen LogP contribution in [0.5, 0.6) is 0 Å². The topological polar surface area (TPSA) is 25.8 Å². The van der Waals surface area contributed by atoms with Crippen LogP contribution < -0.4 is 0 Å². The van der Waals surface area contributed by atoms with Gasteiger partial charge in [0.1, 0.15) is 5.01 Å². The Hall–Kier alpha value is 0.0300. The van der Waals surface area contributed by atoms with Crippen molar-refractivity contribution in [1.29, 1.82) is 0 Å². The molecule has 15 heavy (non-hydrogen) atoms. The van der Waals surface area contributed by atoms with E-state index in [2.05, 4.69) is 33.1 Å². The Labute approximate surface area is 109 Å². The van der Waals surface area contributed by atoms with Gasteiger partial charge in [-0.25, -0.2) is 0 Å². The molecular weight excluding hydrogens is 316 g/mol. The predicted octanol–water partition coefficient (Wildman–Crippen LogP) is 4.77. The summed E-state index contributed by atoms with van der Waals surface area (Å²) >= 11 is 12.6. The summed E-state index contributed by atoms with van der Waals surface area (Å²) in [5.74, 6) is 0. The Morgan fingerprint density at radius 2 is 2.20 bits per heavy atom. The fourth-order valence-corrected chi connectivity index (χ4v) is 3.43. The molecule has 0 spiro atoms. The van der Waals surface area contributed by atoms with E-state index in [1.54, 1.807) is 11.3 Å². The quantitative estimate of drug-likeness (QED) is 0.761. The molecule has 0 N–H and O–H groups in total. The van der Waals surface area contributed by atoms with Crippen molar-refractivity contribution in [1.82, 2.24) is 10.2 Å². The smallest absolute Gasteiger partial charge is 0.142 e. The summed E-state index contributed by atoms with van der Waals surface area (Å²) in [5, 5.41) is 10.3. The fraction of sp³-hybridized carbons (Fsp3) is 0.333. The first-order chi connectivity index (χ1) is 7.20. The molecule has 2 heterocycles. The zero-order valence-electron chi connectivity index (χ0n) is 7.91. The second-order valence-electron chi connectivity index (χ2n) is 2.92. The van der Waals surface area contributed by atoms with E-state index in [-0.39, 0.29) is 0 Å². The van der Waals surface area contributed by atoms with Crippen molar-refractivity contribution in [3.63, 3.8) is 0 Å². The number of halogens is 2. The van der Waals surface area contributed by atoms with Gasteiger partial charge in [-0.15, -0.1) is 21.5 Å². The molecule has 0 saturated heterocycles. The third-order valence-electron chi connectivity index (χ3n) is 1.85. The van der Waals surface area contributed by atoms with Crippen molar-refractivity contribution >= 4 is 50.2 Å². The fourth-order valence-electron chi connectivity index (χ4n) is 1.06. The second kappa shape index (κ2) is 4.91. The number of nitrogens with zero attached hydrogens (tertiary/aromatic N) is 2. The molecule has 0 aromatic carbocycles. The normalized spacial score (nSPS) is 13.0. The van der Waals surface area contributed by atoms with E-state index >= 15 is 0 Å². The van der Waals surface area contributed by atoms with Crippen LogP contribution in [-0.4, -0.2) is 10.2 Å². The van der Waals surface area contributed by atoms with Gasteiger partial charge in [-0.2, -0.15) is 0 Å². The molecule has 0 aliphatic carbocycles. The van der Waals surface area contributed by atoms with E-state index in [9.17, 15) is 0 Å². The number of alkyl halides is 1. The molecule has 0 aliphatic heterocycles. The van der Waals surface area contributed by atoms with Gasteiger partial charge in [-0.1, -0.05) is 45.8 Å². The predicted molar refractivity (Wildman–Crippen MR) is 70.2 cm³/mol. The summed E-state index contributed by atoms with van der Waals surface area (Å²) in [6.45, 7) is 2.11. The average molecular weight is 324 g/mol. The standard InChI is InChI=1S/C9H8BrClN2S2/c1-2-5(10)8-12-13-9(15-8)6-3-4-7(11)14-6/h3-5H,2H2,1H3. The molecule has 80 valence electrons. The van der Waals surface area contributed by atoms with Crippen LogP contribution in [0.2, 0.25) is 4.34 Å². The van der Waals surface area contributed by atoms with Crippen LogP contribution >= 0.6 is 50.2 Å². The second-order valence-corrected chi connectivity index (χ2v) is 6.75. The lowest BCUT2D eigenvalue weighted by atomic mass is 10.4. The third-order valence-corrected chi connectivity index (χ3v) is 5.67. The molecule has 0 amide bonds. The Bertz CT molecular complexity index is 454. The van der Waals surface area contributed by atoms with Crippen molar-refractivity contribution in [2.75, 3.05) is 0 Å². The van der Waals surface area contributed by atoms with Crippen molar-refractivity contribution in [2.24, 2.45) is 0 Å². The minimum atomic E-state index is 0.305. The summed E-state index contributed by atoms with van der Waals surface area (Å²) in [6, 6.07) is 3.86. The molecule has 0 radical (unpaired) electrons. The Morgan fingerprint density at radius 3 is 2.80 bits per heavy atom. The number of thiophene rings is 1. The first kappa shape index (κ1) is 11.5. The van der Waals surface area contributed by atoms with Crippen molar-refractivity contribution in [2.45, 2.75) is 18.2 Å². The molecule has 1 unspecified atom stereocenters. The van der Waals surface area contributed by atoms with Crippen LogP contribution in [0, 0.1) is 0 Å². The van der Waals surface area contributed by atoms with Crippen LogP contribution in [0.1, 0.15) is 23.2 Å². The summed E-state index contributed by atoms with van der Waals surface area (Å²) < 4.78 is 0.785. The third kappa shape index (κ3) is 2.58. The Kier molecular flexibility index (Phi) is 3.77. The van der Waals surface area contributed by atoms with Gasteiger partial charge in [0.15, 0.2) is 5.01 Å². The highest BCUT2D eigenvalue weighted by Gasteiger charge is 2.13. The summed E-state index contributed by atoms with van der Waals surface area (Å²) in [6.07, 6.45) is 1.01. The lowest BCUT2D eigenvalue weighted by Gasteiger charge is -1.97. The maximum atomic E-state index is 5.87. The Balaban J connectivity index is 2.27. The molecule has 2 rings (SSSR count). The highest BCUT2D eigenvalue weighted by atomic mass is 79.9. The van der Waals surface area contributed by atoms with Crippen LogP contribution in [-0.2, 0) is 0 Å². The van der Waals surface area contributed by atoms with Gasteiger partial charge in [0, 0.05) is 0 Å². The lowest BCUT2D eigenvalue weighted by Crippen LogP contribution is -1.84. The van der Waals surface area contributed by atoms with Gasteiger partial charge in [0.2, 0.25) is 0 Å². The molecule has 0 fully saturated rings. The number of hydrogen-bond donors (Lipinski definition) is 0. The molecule has 0 bridgehead atoms. The summed E-state index contributed by atoms with van der Waals surface area (Å²) in [5.41, 5.74) is 0. The number of hydrogen-bond acceptors (Lipinski definition) is 4. The molecular formula is C9H8BrClN2S2. The van der Waals surface area contributed by atoms with Crippen LogP contribution in [0.4, 0.5) is 0 Å². The molecule has 0 aliphatic rings. The summed E-state index contributed by atoms with van der Waals surface area (Å²) in [4.78, 5) is 1.39. The van der Waals surface area contributed by atoms with Gasteiger partial charge in [-0.05, 0) is 18.6 Å². The van der Waals surface area contributed by atoms with E-state index < -0.39 is 0 Å². The maximum Gasteiger partial charge on any atom is 0.157 e. The molecule has 6 heteroatoms. The first-order valence-electron chi connectivity index (χ1n) is 4.44. The highest BCUT2D eigenvalue weighted by Crippen LogP contribution is 2.36. The minimum absolute atomic E-state index is 0.305. The Morgan fingerprint density at radius 1 is 1.40 bits per heavy atom.